The topological polar surface area (TPSA) is 44.1 Å². The van der Waals surface area contributed by atoms with Gasteiger partial charge in [-0.05, 0) is 17.7 Å². The van der Waals surface area contributed by atoms with Gasteiger partial charge in [-0.3, -0.25) is 4.79 Å². The summed E-state index contributed by atoms with van der Waals surface area (Å²) in [5.74, 6) is 0.253. The van der Waals surface area contributed by atoms with Crippen LogP contribution in [-0.2, 0) is 18.3 Å². The molecule has 4 heteroatoms. The molecule has 0 fully saturated rings. The highest BCUT2D eigenvalue weighted by molar-refractivity contribution is 5.80. The fourth-order valence-electron chi connectivity index (χ4n) is 2.11. The Balaban J connectivity index is 1.74. The smallest absolute Gasteiger partial charge is 0.315 e. The van der Waals surface area contributed by atoms with Gasteiger partial charge in [0, 0.05) is 13.1 Å². The predicted molar refractivity (Wildman–Crippen MR) is 76.5 cm³/mol. The molecule has 1 heterocycles. The first-order chi connectivity index (χ1) is 9.72. The number of aryl methyl sites for hydroxylation is 1. The zero-order chi connectivity index (χ0) is 13.9. The Morgan fingerprint density at radius 1 is 1.20 bits per heavy atom. The van der Waals surface area contributed by atoms with E-state index in [-0.39, 0.29) is 12.4 Å². The summed E-state index contributed by atoms with van der Waals surface area (Å²) in [6.07, 6.45) is 2.00. The van der Waals surface area contributed by atoms with Crippen LogP contribution < -0.4 is 4.74 Å². The molecule has 20 heavy (non-hydrogen) atoms. The number of rotatable bonds is 3. The fraction of sp³-hybridized carbons (Fsp3) is 0.125. The average molecular weight is 266 g/mol. The van der Waals surface area contributed by atoms with E-state index >= 15 is 0 Å². The van der Waals surface area contributed by atoms with Crippen molar-refractivity contribution in [1.29, 1.82) is 0 Å². The predicted octanol–water partition coefficient (Wildman–Crippen LogP) is 2.72. The second kappa shape index (κ2) is 5.17. The number of carbonyl (C=O) groups is 1. The van der Waals surface area contributed by atoms with Crippen LogP contribution >= 0.6 is 0 Å². The van der Waals surface area contributed by atoms with Crippen molar-refractivity contribution in [2.75, 3.05) is 0 Å². The lowest BCUT2D eigenvalue weighted by atomic mass is 10.2. The Bertz CT molecular complexity index is 748. The third kappa shape index (κ3) is 2.54. The Hall–Kier alpha value is -2.62. The molecule has 0 bridgehead atoms. The average Bonchev–Trinajstić information content (AvgIpc) is 2.81. The van der Waals surface area contributed by atoms with E-state index in [4.69, 9.17) is 4.74 Å². The molecule has 1 aromatic heterocycles. The van der Waals surface area contributed by atoms with Gasteiger partial charge < -0.3 is 9.30 Å². The van der Waals surface area contributed by atoms with Crippen molar-refractivity contribution in [1.82, 2.24) is 9.55 Å². The second-order valence-corrected chi connectivity index (χ2v) is 4.64. The first-order valence-corrected chi connectivity index (χ1v) is 6.38. The highest BCUT2D eigenvalue weighted by atomic mass is 16.5. The molecule has 3 aromatic rings. The summed E-state index contributed by atoms with van der Waals surface area (Å²) in [5.41, 5.74) is 2.77. The Kier molecular flexibility index (Phi) is 3.21. The molecule has 0 radical (unpaired) electrons. The fourth-order valence-corrected chi connectivity index (χ4v) is 2.11. The van der Waals surface area contributed by atoms with Crippen molar-refractivity contribution in [3.05, 3.63) is 60.4 Å². The number of benzene rings is 2. The Morgan fingerprint density at radius 3 is 2.80 bits per heavy atom. The van der Waals surface area contributed by atoms with Gasteiger partial charge in [0.15, 0.2) is 0 Å². The quantitative estimate of drug-likeness (QED) is 0.541. The number of aromatic nitrogens is 2. The van der Waals surface area contributed by atoms with Crippen molar-refractivity contribution in [2.24, 2.45) is 7.05 Å². The van der Waals surface area contributed by atoms with Crippen LogP contribution in [0.25, 0.3) is 11.0 Å². The van der Waals surface area contributed by atoms with E-state index in [9.17, 15) is 4.79 Å². The van der Waals surface area contributed by atoms with Crippen molar-refractivity contribution < 1.29 is 9.53 Å². The number of imidazole rings is 1. The number of nitrogens with zero attached hydrogens (tertiary/aromatic N) is 2. The van der Waals surface area contributed by atoms with Crippen molar-refractivity contribution in [3.63, 3.8) is 0 Å². The Morgan fingerprint density at radius 2 is 2.00 bits per heavy atom. The molecule has 0 atom stereocenters. The maximum Gasteiger partial charge on any atom is 0.315 e. The molecule has 0 amide bonds. The van der Waals surface area contributed by atoms with Gasteiger partial charge in [0.1, 0.15) is 5.75 Å². The second-order valence-electron chi connectivity index (χ2n) is 4.64. The highest BCUT2D eigenvalue weighted by Crippen LogP contribution is 2.19. The van der Waals surface area contributed by atoms with Gasteiger partial charge in [-0.2, -0.15) is 0 Å². The summed E-state index contributed by atoms with van der Waals surface area (Å²) in [5, 5.41) is 0. The van der Waals surface area contributed by atoms with Crippen molar-refractivity contribution in [3.8, 4) is 5.75 Å². The maximum atomic E-state index is 11.9. The van der Waals surface area contributed by atoms with Crippen LogP contribution in [0.4, 0.5) is 0 Å². The Labute approximate surface area is 116 Å². The van der Waals surface area contributed by atoms with Crippen molar-refractivity contribution >= 4 is 17.0 Å². The largest absolute Gasteiger partial charge is 0.426 e. The summed E-state index contributed by atoms with van der Waals surface area (Å²) in [6, 6.07) is 15.0. The van der Waals surface area contributed by atoms with E-state index in [1.165, 1.54) is 0 Å². The van der Waals surface area contributed by atoms with E-state index in [1.807, 2.05) is 48.0 Å². The van der Waals surface area contributed by atoms with Gasteiger partial charge in [-0.15, -0.1) is 0 Å². The van der Waals surface area contributed by atoms with Gasteiger partial charge in [0.2, 0.25) is 0 Å². The van der Waals surface area contributed by atoms with Crippen molar-refractivity contribution in [2.45, 2.75) is 6.42 Å². The highest BCUT2D eigenvalue weighted by Gasteiger charge is 2.08. The molecule has 3 rings (SSSR count). The van der Waals surface area contributed by atoms with Gasteiger partial charge in [-0.1, -0.05) is 30.3 Å². The van der Waals surface area contributed by atoms with Crippen LogP contribution in [-0.4, -0.2) is 15.5 Å². The van der Waals surface area contributed by atoms with E-state index in [0.29, 0.717) is 5.75 Å². The van der Waals surface area contributed by atoms with E-state index in [2.05, 4.69) is 4.98 Å². The SMILES string of the molecule is Cn1cnc2cc(OC(=O)Cc3ccccc3)ccc21. The summed E-state index contributed by atoms with van der Waals surface area (Å²) in [7, 11) is 1.93. The summed E-state index contributed by atoms with van der Waals surface area (Å²) in [6.45, 7) is 0. The maximum absolute atomic E-state index is 11.9. The van der Waals surface area contributed by atoms with E-state index in [1.54, 1.807) is 18.5 Å². The number of hydrogen-bond donors (Lipinski definition) is 0. The zero-order valence-corrected chi connectivity index (χ0v) is 11.1. The lowest BCUT2D eigenvalue weighted by Crippen LogP contribution is -2.11. The van der Waals surface area contributed by atoms with Crippen LogP contribution in [0.3, 0.4) is 0 Å². The first kappa shape index (κ1) is 12.4. The van der Waals surface area contributed by atoms with E-state index < -0.39 is 0 Å². The van der Waals surface area contributed by atoms with Crippen LogP contribution in [0, 0.1) is 0 Å². The first-order valence-electron chi connectivity index (χ1n) is 6.38. The molecule has 0 saturated heterocycles. The monoisotopic (exact) mass is 266 g/mol. The molecular weight excluding hydrogens is 252 g/mol. The molecule has 0 unspecified atom stereocenters. The summed E-state index contributed by atoms with van der Waals surface area (Å²) < 4.78 is 7.27. The minimum absolute atomic E-state index is 0.265. The molecule has 0 aliphatic carbocycles. The minimum atomic E-state index is -0.272. The van der Waals surface area contributed by atoms with Gasteiger partial charge >= 0.3 is 5.97 Å². The lowest BCUT2D eigenvalue weighted by Gasteiger charge is -2.04. The van der Waals surface area contributed by atoms with Gasteiger partial charge in [0.25, 0.3) is 0 Å². The lowest BCUT2D eigenvalue weighted by molar-refractivity contribution is -0.133. The molecule has 4 nitrogen and oxygen atoms in total. The van der Waals surface area contributed by atoms with Crippen LogP contribution in [0.2, 0.25) is 0 Å². The molecule has 2 aromatic carbocycles. The summed E-state index contributed by atoms with van der Waals surface area (Å²) >= 11 is 0. The molecule has 0 saturated carbocycles. The number of fused-ring (bicyclic) bond motifs is 1. The molecule has 0 N–H and O–H groups in total. The third-order valence-corrected chi connectivity index (χ3v) is 3.12. The number of esters is 1. The normalized spacial score (nSPS) is 10.7. The third-order valence-electron chi connectivity index (χ3n) is 3.12. The molecule has 0 aliphatic rings. The molecule has 0 spiro atoms. The minimum Gasteiger partial charge on any atom is -0.426 e. The van der Waals surface area contributed by atoms with Crippen LogP contribution in [0.15, 0.2) is 54.9 Å². The number of hydrogen-bond acceptors (Lipinski definition) is 3. The van der Waals surface area contributed by atoms with Crippen LogP contribution in [0.5, 0.6) is 5.75 Å². The number of ether oxygens (including phenoxy) is 1. The zero-order valence-electron chi connectivity index (χ0n) is 11.1. The van der Waals surface area contributed by atoms with E-state index in [0.717, 1.165) is 16.6 Å². The molecular formula is C16H14N2O2. The summed E-state index contributed by atoms with van der Waals surface area (Å²) in [4.78, 5) is 16.1. The molecule has 0 aliphatic heterocycles. The van der Waals surface area contributed by atoms with Gasteiger partial charge in [0.05, 0.1) is 23.8 Å². The standard InChI is InChI=1S/C16H14N2O2/c1-18-11-17-14-10-13(7-8-15(14)18)20-16(19)9-12-5-3-2-4-6-12/h2-8,10-11H,9H2,1H3. The van der Waals surface area contributed by atoms with Crippen LogP contribution in [0.1, 0.15) is 5.56 Å². The van der Waals surface area contributed by atoms with Gasteiger partial charge in [-0.25, -0.2) is 4.98 Å². The molecule has 100 valence electrons. The number of carbonyl (C=O) groups excluding carboxylic acids is 1.